The van der Waals surface area contributed by atoms with Crippen molar-refractivity contribution in [3.8, 4) is 5.69 Å². The molecule has 0 atom stereocenters. The molecule has 0 saturated heterocycles. The van der Waals surface area contributed by atoms with Gasteiger partial charge in [-0.05, 0) is 59.4 Å². The molecule has 0 bridgehead atoms. The summed E-state index contributed by atoms with van der Waals surface area (Å²) in [5.41, 5.74) is 4.50. The molecule has 0 spiro atoms. The van der Waals surface area contributed by atoms with Gasteiger partial charge in [0.15, 0.2) is 5.16 Å². The van der Waals surface area contributed by atoms with Gasteiger partial charge in [-0.3, -0.25) is 9.36 Å². The van der Waals surface area contributed by atoms with Crippen molar-refractivity contribution >= 4 is 44.1 Å². The van der Waals surface area contributed by atoms with Gasteiger partial charge in [-0.25, -0.2) is 4.98 Å². The number of benzene rings is 3. The molecule has 0 amide bonds. The van der Waals surface area contributed by atoms with E-state index in [2.05, 4.69) is 75.4 Å². The van der Waals surface area contributed by atoms with E-state index in [1.165, 1.54) is 26.8 Å². The van der Waals surface area contributed by atoms with E-state index in [0.717, 1.165) is 51.6 Å². The molecule has 3 nitrogen and oxygen atoms in total. The molecular weight excluding hydrogens is 456 g/mol. The van der Waals surface area contributed by atoms with Gasteiger partial charge in [0, 0.05) is 10.6 Å². The fraction of sp³-hybridized carbons (Fsp3) is 0.241. The van der Waals surface area contributed by atoms with E-state index in [1.54, 1.807) is 23.1 Å². The van der Waals surface area contributed by atoms with Gasteiger partial charge in [0.2, 0.25) is 0 Å². The number of rotatable bonds is 7. The standard InChI is InChI=1S/C29H28N2OS2/c1-4-9-25-19(3)26-27(34-25)30-29(31(28(26)32)23-16-14-20(5-2)15-17-23)33-18-22-12-8-11-21-10-6-7-13-24(21)22/h6-8,10-17H,4-5,9,18H2,1-3H3. The van der Waals surface area contributed by atoms with E-state index < -0.39 is 0 Å². The summed E-state index contributed by atoms with van der Waals surface area (Å²) in [7, 11) is 0. The van der Waals surface area contributed by atoms with E-state index in [-0.39, 0.29) is 5.56 Å². The monoisotopic (exact) mass is 484 g/mol. The van der Waals surface area contributed by atoms with Crippen molar-refractivity contribution in [3.05, 3.63) is 98.7 Å². The molecule has 0 fully saturated rings. The minimum absolute atomic E-state index is 0.0331. The summed E-state index contributed by atoms with van der Waals surface area (Å²) < 4.78 is 1.81. The summed E-state index contributed by atoms with van der Waals surface area (Å²) in [6.45, 7) is 6.39. The van der Waals surface area contributed by atoms with Gasteiger partial charge in [-0.2, -0.15) is 0 Å². The van der Waals surface area contributed by atoms with Crippen molar-refractivity contribution < 1.29 is 0 Å². The zero-order chi connectivity index (χ0) is 23.7. The smallest absolute Gasteiger partial charge is 0.267 e. The highest BCUT2D eigenvalue weighted by molar-refractivity contribution is 7.98. The van der Waals surface area contributed by atoms with Gasteiger partial charge in [0.25, 0.3) is 5.56 Å². The summed E-state index contributed by atoms with van der Waals surface area (Å²) in [5, 5.41) is 3.99. The van der Waals surface area contributed by atoms with E-state index in [9.17, 15) is 4.79 Å². The maximum atomic E-state index is 13.9. The number of hydrogen-bond donors (Lipinski definition) is 0. The number of aryl methyl sites for hydroxylation is 3. The van der Waals surface area contributed by atoms with E-state index in [4.69, 9.17) is 4.98 Å². The molecule has 0 unspecified atom stereocenters. The Kier molecular flexibility index (Phi) is 6.57. The molecular formula is C29H28N2OS2. The highest BCUT2D eigenvalue weighted by atomic mass is 32.2. The minimum atomic E-state index is 0.0331. The Morgan fingerprint density at radius 1 is 0.971 bits per heavy atom. The second-order valence-electron chi connectivity index (χ2n) is 8.56. The Balaban J connectivity index is 1.64. The highest BCUT2D eigenvalue weighted by Crippen LogP contribution is 2.33. The molecule has 5 heteroatoms. The van der Waals surface area contributed by atoms with Crippen LogP contribution >= 0.6 is 23.1 Å². The molecule has 0 saturated carbocycles. The average Bonchev–Trinajstić information content (AvgIpc) is 3.18. The lowest BCUT2D eigenvalue weighted by Gasteiger charge is -2.13. The van der Waals surface area contributed by atoms with Crippen LogP contribution in [0.25, 0.3) is 26.7 Å². The van der Waals surface area contributed by atoms with E-state index in [1.807, 2.05) is 16.7 Å². The molecule has 5 rings (SSSR count). The summed E-state index contributed by atoms with van der Waals surface area (Å²) in [5.74, 6) is 0.749. The number of fused-ring (bicyclic) bond motifs is 2. The number of nitrogens with zero attached hydrogens (tertiary/aromatic N) is 2. The Morgan fingerprint density at radius 3 is 2.50 bits per heavy atom. The van der Waals surface area contributed by atoms with Crippen LogP contribution in [0.4, 0.5) is 0 Å². The van der Waals surface area contributed by atoms with Gasteiger partial charge in [0.05, 0.1) is 11.1 Å². The van der Waals surface area contributed by atoms with Crippen molar-refractivity contribution in [2.75, 3.05) is 0 Å². The van der Waals surface area contributed by atoms with Crippen molar-refractivity contribution in [2.24, 2.45) is 0 Å². The first-order valence-corrected chi connectivity index (χ1v) is 13.6. The third-order valence-electron chi connectivity index (χ3n) is 6.35. The Bertz CT molecular complexity index is 1530. The van der Waals surface area contributed by atoms with Gasteiger partial charge < -0.3 is 0 Å². The van der Waals surface area contributed by atoms with E-state index in [0.29, 0.717) is 0 Å². The van der Waals surface area contributed by atoms with Crippen LogP contribution in [0.15, 0.2) is 76.7 Å². The van der Waals surface area contributed by atoms with Crippen LogP contribution in [0.1, 0.15) is 41.8 Å². The highest BCUT2D eigenvalue weighted by Gasteiger charge is 2.19. The SMILES string of the molecule is CCCc1sc2nc(SCc3cccc4ccccc34)n(-c3ccc(CC)cc3)c(=O)c2c1C. The molecule has 0 aliphatic heterocycles. The van der Waals surface area contributed by atoms with Crippen LogP contribution in [-0.4, -0.2) is 9.55 Å². The average molecular weight is 485 g/mol. The van der Waals surface area contributed by atoms with Crippen molar-refractivity contribution in [2.45, 2.75) is 50.9 Å². The van der Waals surface area contributed by atoms with Crippen molar-refractivity contribution in [1.82, 2.24) is 9.55 Å². The summed E-state index contributed by atoms with van der Waals surface area (Å²) in [6, 6.07) is 23.2. The lowest BCUT2D eigenvalue weighted by Crippen LogP contribution is -2.21. The number of hydrogen-bond acceptors (Lipinski definition) is 4. The van der Waals surface area contributed by atoms with Crippen LogP contribution in [0.3, 0.4) is 0 Å². The summed E-state index contributed by atoms with van der Waals surface area (Å²) >= 11 is 3.31. The number of thioether (sulfide) groups is 1. The molecule has 3 aromatic carbocycles. The van der Waals surface area contributed by atoms with Crippen LogP contribution in [0, 0.1) is 6.92 Å². The van der Waals surface area contributed by atoms with Gasteiger partial charge in [-0.15, -0.1) is 11.3 Å². The third-order valence-corrected chi connectivity index (χ3v) is 8.58. The lowest BCUT2D eigenvalue weighted by atomic mass is 10.1. The maximum Gasteiger partial charge on any atom is 0.267 e. The molecule has 5 aromatic rings. The minimum Gasteiger partial charge on any atom is -0.268 e. The normalized spacial score (nSPS) is 11.5. The summed E-state index contributed by atoms with van der Waals surface area (Å²) in [4.78, 5) is 21.1. The molecule has 2 aromatic heterocycles. The predicted molar refractivity (Wildman–Crippen MR) is 147 cm³/mol. The van der Waals surface area contributed by atoms with Crippen LogP contribution < -0.4 is 5.56 Å². The van der Waals surface area contributed by atoms with Gasteiger partial charge >= 0.3 is 0 Å². The lowest BCUT2D eigenvalue weighted by molar-refractivity contribution is 0.821. The van der Waals surface area contributed by atoms with Crippen molar-refractivity contribution in [3.63, 3.8) is 0 Å². The predicted octanol–water partition coefficient (Wildman–Crippen LogP) is 7.72. The zero-order valence-electron chi connectivity index (χ0n) is 19.8. The van der Waals surface area contributed by atoms with Crippen LogP contribution in [0.2, 0.25) is 0 Å². The quantitative estimate of drug-likeness (QED) is 0.175. The number of thiophene rings is 1. The summed E-state index contributed by atoms with van der Waals surface area (Å²) in [6.07, 6.45) is 3.01. The topological polar surface area (TPSA) is 34.9 Å². The maximum absolute atomic E-state index is 13.9. The number of aromatic nitrogens is 2. The third kappa shape index (κ3) is 4.19. The molecule has 2 heterocycles. The van der Waals surface area contributed by atoms with Crippen LogP contribution in [0.5, 0.6) is 0 Å². The zero-order valence-corrected chi connectivity index (χ0v) is 21.4. The molecule has 0 aliphatic rings. The first kappa shape index (κ1) is 22.9. The Morgan fingerprint density at radius 2 is 1.74 bits per heavy atom. The fourth-order valence-corrected chi connectivity index (χ4v) is 6.78. The van der Waals surface area contributed by atoms with Crippen LogP contribution in [-0.2, 0) is 18.6 Å². The largest absolute Gasteiger partial charge is 0.268 e. The second-order valence-corrected chi connectivity index (χ2v) is 10.6. The molecule has 0 N–H and O–H groups in total. The van der Waals surface area contributed by atoms with E-state index >= 15 is 0 Å². The van der Waals surface area contributed by atoms with Crippen molar-refractivity contribution in [1.29, 1.82) is 0 Å². The molecule has 172 valence electrons. The van der Waals surface area contributed by atoms with Gasteiger partial charge in [-0.1, -0.05) is 86.6 Å². The molecule has 0 radical (unpaired) electrons. The first-order valence-electron chi connectivity index (χ1n) is 11.8. The Hall–Kier alpha value is -2.89. The second kappa shape index (κ2) is 9.77. The van der Waals surface area contributed by atoms with Gasteiger partial charge in [0.1, 0.15) is 4.83 Å². The fourth-order valence-electron chi connectivity index (χ4n) is 4.44. The molecule has 34 heavy (non-hydrogen) atoms. The Labute approximate surface area is 208 Å². The first-order chi connectivity index (χ1) is 16.6. The molecule has 0 aliphatic carbocycles.